The molecule has 0 bridgehead atoms. The first kappa shape index (κ1) is 13.2. The predicted octanol–water partition coefficient (Wildman–Crippen LogP) is 2.25. The minimum absolute atomic E-state index is 0.283. The van der Waals surface area contributed by atoms with E-state index in [-0.39, 0.29) is 5.82 Å². The van der Waals surface area contributed by atoms with Gasteiger partial charge in [0.2, 0.25) is 0 Å². The molecule has 5 nitrogen and oxygen atoms in total. The van der Waals surface area contributed by atoms with E-state index in [0.29, 0.717) is 23.5 Å². The van der Waals surface area contributed by atoms with Crippen molar-refractivity contribution in [2.75, 3.05) is 7.11 Å². The lowest BCUT2D eigenvalue weighted by Gasteiger charge is -2.02. The van der Waals surface area contributed by atoms with E-state index in [0.717, 1.165) is 5.56 Å². The quantitative estimate of drug-likeness (QED) is 0.693. The first-order valence-corrected chi connectivity index (χ1v) is 6.34. The number of halogens is 1. The van der Waals surface area contributed by atoms with Gasteiger partial charge in [-0.05, 0) is 29.8 Å². The molecule has 0 radical (unpaired) electrons. The number of fused-ring (bicyclic) bond motifs is 1. The van der Waals surface area contributed by atoms with Gasteiger partial charge in [0.1, 0.15) is 11.6 Å². The average molecular weight is 285 g/mol. The summed E-state index contributed by atoms with van der Waals surface area (Å²) in [6.45, 7) is 0. The number of methoxy groups -OCH3 is 1. The fraction of sp³-hybridized carbons (Fsp3) is 0.133. The molecule has 0 N–H and O–H groups in total. The van der Waals surface area contributed by atoms with Crippen LogP contribution in [0.15, 0.2) is 42.6 Å². The minimum Gasteiger partial charge on any atom is -0.465 e. The van der Waals surface area contributed by atoms with Crippen molar-refractivity contribution >= 4 is 11.6 Å². The second-order valence-corrected chi connectivity index (χ2v) is 4.56. The number of rotatable bonds is 3. The SMILES string of the molecule is COC(=O)c1ccn2c(Cc3cccc(F)c3)nnc2c1. The Morgan fingerprint density at radius 1 is 1.29 bits per heavy atom. The third-order valence-electron chi connectivity index (χ3n) is 3.15. The van der Waals surface area contributed by atoms with Gasteiger partial charge in [-0.3, -0.25) is 4.40 Å². The number of aromatic nitrogens is 3. The van der Waals surface area contributed by atoms with E-state index in [1.54, 1.807) is 28.8 Å². The van der Waals surface area contributed by atoms with Crippen molar-refractivity contribution in [1.82, 2.24) is 14.6 Å². The lowest BCUT2D eigenvalue weighted by molar-refractivity contribution is 0.0600. The number of ether oxygens (including phenoxy) is 1. The number of esters is 1. The van der Waals surface area contributed by atoms with Gasteiger partial charge in [0.05, 0.1) is 12.7 Å². The highest BCUT2D eigenvalue weighted by atomic mass is 19.1. The molecule has 2 heterocycles. The normalized spacial score (nSPS) is 10.8. The molecule has 0 amide bonds. The summed E-state index contributed by atoms with van der Waals surface area (Å²) in [5.74, 6) is -0.0338. The van der Waals surface area contributed by atoms with Crippen LogP contribution in [0.25, 0.3) is 5.65 Å². The maximum atomic E-state index is 13.2. The van der Waals surface area contributed by atoms with E-state index >= 15 is 0 Å². The van der Waals surface area contributed by atoms with Gasteiger partial charge in [0.15, 0.2) is 5.65 Å². The predicted molar refractivity (Wildman–Crippen MR) is 73.5 cm³/mol. The molecule has 0 saturated carbocycles. The first-order chi connectivity index (χ1) is 10.2. The molecule has 6 heteroatoms. The second-order valence-electron chi connectivity index (χ2n) is 4.56. The van der Waals surface area contributed by atoms with E-state index in [2.05, 4.69) is 14.9 Å². The third kappa shape index (κ3) is 2.60. The Balaban J connectivity index is 1.95. The van der Waals surface area contributed by atoms with Crippen LogP contribution >= 0.6 is 0 Å². The minimum atomic E-state index is -0.424. The fourth-order valence-corrected chi connectivity index (χ4v) is 2.14. The average Bonchev–Trinajstić information content (AvgIpc) is 2.89. The summed E-state index contributed by atoms with van der Waals surface area (Å²) in [7, 11) is 1.33. The number of pyridine rings is 1. The molecule has 106 valence electrons. The molecule has 0 saturated heterocycles. The lowest BCUT2D eigenvalue weighted by atomic mass is 10.1. The molecule has 1 aromatic carbocycles. The van der Waals surface area contributed by atoms with Crippen LogP contribution in [0, 0.1) is 5.82 Å². The summed E-state index contributed by atoms with van der Waals surface area (Å²) in [6.07, 6.45) is 2.16. The van der Waals surface area contributed by atoms with Gasteiger partial charge in [0.25, 0.3) is 0 Å². The van der Waals surface area contributed by atoms with E-state index < -0.39 is 5.97 Å². The summed E-state index contributed by atoms with van der Waals surface area (Å²) >= 11 is 0. The van der Waals surface area contributed by atoms with Crippen molar-refractivity contribution in [3.63, 3.8) is 0 Å². The zero-order valence-corrected chi connectivity index (χ0v) is 11.3. The Kier molecular flexibility index (Phi) is 3.35. The molecule has 0 fully saturated rings. The van der Waals surface area contributed by atoms with Crippen molar-refractivity contribution in [2.45, 2.75) is 6.42 Å². The highest BCUT2D eigenvalue weighted by molar-refractivity contribution is 5.90. The topological polar surface area (TPSA) is 56.5 Å². The van der Waals surface area contributed by atoms with Gasteiger partial charge in [-0.25, -0.2) is 9.18 Å². The van der Waals surface area contributed by atoms with Crippen LogP contribution in [0.3, 0.4) is 0 Å². The summed E-state index contributed by atoms with van der Waals surface area (Å²) in [5.41, 5.74) is 1.76. The Morgan fingerprint density at radius 2 is 2.14 bits per heavy atom. The summed E-state index contributed by atoms with van der Waals surface area (Å²) in [4.78, 5) is 11.5. The van der Waals surface area contributed by atoms with E-state index in [1.807, 2.05) is 6.07 Å². The Bertz CT molecular complexity index is 814. The van der Waals surface area contributed by atoms with Crippen LogP contribution in [0.2, 0.25) is 0 Å². The molecule has 0 unspecified atom stereocenters. The number of carbonyl (C=O) groups excluding carboxylic acids is 1. The van der Waals surface area contributed by atoms with Crippen molar-refractivity contribution in [1.29, 1.82) is 0 Å². The van der Waals surface area contributed by atoms with Gasteiger partial charge in [0, 0.05) is 12.6 Å². The van der Waals surface area contributed by atoms with Crippen LogP contribution in [0.4, 0.5) is 4.39 Å². The molecule has 0 atom stereocenters. The number of nitrogens with zero attached hydrogens (tertiary/aromatic N) is 3. The van der Waals surface area contributed by atoms with E-state index in [9.17, 15) is 9.18 Å². The molecule has 3 aromatic rings. The molecule has 0 aliphatic heterocycles. The zero-order valence-electron chi connectivity index (χ0n) is 11.3. The summed E-state index contributed by atoms with van der Waals surface area (Å²) in [6, 6.07) is 9.58. The highest BCUT2D eigenvalue weighted by Crippen LogP contribution is 2.13. The standard InChI is InChI=1S/C15H12FN3O2/c1-21-15(20)11-5-6-19-13(17-18-14(19)9-11)8-10-3-2-4-12(16)7-10/h2-7,9H,8H2,1H3. The highest BCUT2D eigenvalue weighted by Gasteiger charge is 2.11. The van der Waals surface area contributed by atoms with Gasteiger partial charge in [-0.15, -0.1) is 10.2 Å². The van der Waals surface area contributed by atoms with Crippen molar-refractivity contribution in [3.05, 3.63) is 65.4 Å². The van der Waals surface area contributed by atoms with Gasteiger partial charge in [-0.1, -0.05) is 12.1 Å². The van der Waals surface area contributed by atoms with Crippen LogP contribution in [0.1, 0.15) is 21.7 Å². The van der Waals surface area contributed by atoms with Crippen molar-refractivity contribution in [2.24, 2.45) is 0 Å². The van der Waals surface area contributed by atoms with Gasteiger partial charge < -0.3 is 4.74 Å². The van der Waals surface area contributed by atoms with Gasteiger partial charge in [-0.2, -0.15) is 0 Å². The largest absolute Gasteiger partial charge is 0.465 e. The molecular formula is C15H12FN3O2. The van der Waals surface area contributed by atoms with Crippen LogP contribution in [-0.2, 0) is 11.2 Å². The van der Waals surface area contributed by atoms with E-state index in [4.69, 9.17) is 0 Å². The van der Waals surface area contributed by atoms with Crippen LogP contribution < -0.4 is 0 Å². The molecule has 0 aliphatic rings. The summed E-state index contributed by atoms with van der Waals surface area (Å²) < 4.78 is 19.6. The molecular weight excluding hydrogens is 273 g/mol. The Morgan fingerprint density at radius 3 is 2.90 bits per heavy atom. The monoisotopic (exact) mass is 285 g/mol. The summed E-state index contributed by atoms with van der Waals surface area (Å²) in [5, 5.41) is 8.11. The second kappa shape index (κ2) is 5.32. The van der Waals surface area contributed by atoms with E-state index in [1.165, 1.54) is 19.2 Å². The number of carbonyl (C=O) groups is 1. The fourth-order valence-electron chi connectivity index (χ4n) is 2.14. The van der Waals surface area contributed by atoms with Crippen molar-refractivity contribution < 1.29 is 13.9 Å². The maximum absolute atomic E-state index is 13.2. The molecule has 0 aliphatic carbocycles. The Hall–Kier alpha value is -2.76. The van der Waals surface area contributed by atoms with Crippen molar-refractivity contribution in [3.8, 4) is 0 Å². The number of hydrogen-bond acceptors (Lipinski definition) is 4. The molecule has 0 spiro atoms. The van der Waals surface area contributed by atoms with Crippen LogP contribution in [0.5, 0.6) is 0 Å². The van der Waals surface area contributed by atoms with Crippen LogP contribution in [-0.4, -0.2) is 27.7 Å². The number of hydrogen-bond donors (Lipinski definition) is 0. The molecule has 2 aromatic heterocycles. The Labute approximate surface area is 120 Å². The molecule has 21 heavy (non-hydrogen) atoms. The lowest BCUT2D eigenvalue weighted by Crippen LogP contribution is -2.03. The molecule has 3 rings (SSSR count). The maximum Gasteiger partial charge on any atom is 0.338 e. The zero-order chi connectivity index (χ0) is 14.8. The number of benzene rings is 1. The smallest absolute Gasteiger partial charge is 0.338 e. The van der Waals surface area contributed by atoms with Gasteiger partial charge >= 0.3 is 5.97 Å². The first-order valence-electron chi connectivity index (χ1n) is 6.34. The third-order valence-corrected chi connectivity index (χ3v) is 3.15.